The Labute approximate surface area is 112 Å². The van der Waals surface area contributed by atoms with Crippen molar-refractivity contribution in [3.63, 3.8) is 0 Å². The number of halogens is 1. The molecule has 1 aromatic heterocycles. The Morgan fingerprint density at radius 1 is 1.50 bits per heavy atom. The van der Waals surface area contributed by atoms with Gasteiger partial charge in [0, 0.05) is 13.1 Å². The fourth-order valence-corrected chi connectivity index (χ4v) is 1.84. The SMILES string of the molecule is CCNc1ccc(Cl)c(C(=O)NCC2(C)CC2)n1. The van der Waals surface area contributed by atoms with Crippen molar-refractivity contribution in [2.45, 2.75) is 26.7 Å². The summed E-state index contributed by atoms with van der Waals surface area (Å²) in [4.78, 5) is 16.2. The summed E-state index contributed by atoms with van der Waals surface area (Å²) in [6.45, 7) is 5.59. The number of hydrogen-bond acceptors (Lipinski definition) is 3. The van der Waals surface area contributed by atoms with Gasteiger partial charge in [0.2, 0.25) is 0 Å². The number of carbonyl (C=O) groups is 1. The first-order valence-electron chi connectivity index (χ1n) is 6.23. The van der Waals surface area contributed by atoms with Crippen LogP contribution in [0.4, 0.5) is 5.82 Å². The fourth-order valence-electron chi connectivity index (χ4n) is 1.65. The molecule has 0 radical (unpaired) electrons. The van der Waals surface area contributed by atoms with Gasteiger partial charge in [-0.15, -0.1) is 0 Å². The van der Waals surface area contributed by atoms with E-state index in [1.807, 2.05) is 6.92 Å². The number of anilines is 1. The minimum Gasteiger partial charge on any atom is -0.370 e. The number of hydrogen-bond donors (Lipinski definition) is 2. The van der Waals surface area contributed by atoms with Crippen LogP contribution in [-0.4, -0.2) is 24.0 Å². The Morgan fingerprint density at radius 3 is 2.83 bits per heavy atom. The summed E-state index contributed by atoms with van der Waals surface area (Å²) >= 11 is 6.01. The van der Waals surface area contributed by atoms with E-state index in [0.29, 0.717) is 23.1 Å². The molecule has 98 valence electrons. The topological polar surface area (TPSA) is 54.0 Å². The Balaban J connectivity index is 2.05. The third kappa shape index (κ3) is 3.13. The van der Waals surface area contributed by atoms with Gasteiger partial charge in [-0.2, -0.15) is 0 Å². The zero-order chi connectivity index (χ0) is 13.2. The first-order valence-corrected chi connectivity index (χ1v) is 6.60. The zero-order valence-electron chi connectivity index (χ0n) is 10.7. The molecule has 1 saturated carbocycles. The first kappa shape index (κ1) is 13.1. The number of pyridine rings is 1. The lowest BCUT2D eigenvalue weighted by Crippen LogP contribution is -2.30. The minimum absolute atomic E-state index is 0.201. The van der Waals surface area contributed by atoms with E-state index in [1.54, 1.807) is 12.1 Å². The van der Waals surface area contributed by atoms with Gasteiger partial charge in [-0.25, -0.2) is 4.98 Å². The van der Waals surface area contributed by atoms with Crippen molar-refractivity contribution in [3.8, 4) is 0 Å². The highest BCUT2D eigenvalue weighted by molar-refractivity contribution is 6.33. The maximum absolute atomic E-state index is 12.0. The lowest BCUT2D eigenvalue weighted by atomic mass is 10.1. The molecule has 0 aliphatic heterocycles. The van der Waals surface area contributed by atoms with Gasteiger partial charge in [-0.05, 0) is 37.3 Å². The second-order valence-corrected chi connectivity index (χ2v) is 5.46. The van der Waals surface area contributed by atoms with Gasteiger partial charge < -0.3 is 10.6 Å². The van der Waals surface area contributed by atoms with Crippen LogP contribution >= 0.6 is 11.6 Å². The van der Waals surface area contributed by atoms with E-state index in [-0.39, 0.29) is 11.3 Å². The molecule has 18 heavy (non-hydrogen) atoms. The maximum atomic E-state index is 12.0. The molecule has 1 amide bonds. The van der Waals surface area contributed by atoms with E-state index >= 15 is 0 Å². The zero-order valence-corrected chi connectivity index (χ0v) is 11.5. The molecule has 0 aromatic carbocycles. The Kier molecular flexibility index (Phi) is 3.76. The molecule has 5 heteroatoms. The van der Waals surface area contributed by atoms with E-state index in [2.05, 4.69) is 22.5 Å². The minimum atomic E-state index is -0.201. The van der Waals surface area contributed by atoms with Gasteiger partial charge in [0.1, 0.15) is 11.5 Å². The number of amides is 1. The lowest BCUT2D eigenvalue weighted by Gasteiger charge is -2.11. The summed E-state index contributed by atoms with van der Waals surface area (Å²) in [5.74, 6) is 0.470. The van der Waals surface area contributed by atoms with E-state index in [9.17, 15) is 4.79 Å². The molecule has 1 heterocycles. The van der Waals surface area contributed by atoms with Crippen LogP contribution in [0.1, 0.15) is 37.2 Å². The van der Waals surface area contributed by atoms with Crippen LogP contribution in [-0.2, 0) is 0 Å². The van der Waals surface area contributed by atoms with Gasteiger partial charge >= 0.3 is 0 Å². The molecular formula is C13H18ClN3O. The number of rotatable bonds is 5. The molecule has 0 atom stereocenters. The van der Waals surface area contributed by atoms with Gasteiger partial charge in [0.15, 0.2) is 0 Å². The highest BCUT2D eigenvalue weighted by Crippen LogP contribution is 2.44. The second kappa shape index (κ2) is 5.14. The molecule has 0 bridgehead atoms. The Hall–Kier alpha value is -1.29. The van der Waals surface area contributed by atoms with Crippen LogP contribution in [0.15, 0.2) is 12.1 Å². The van der Waals surface area contributed by atoms with Crippen LogP contribution in [0.2, 0.25) is 5.02 Å². The molecule has 1 fully saturated rings. The van der Waals surface area contributed by atoms with Crippen LogP contribution in [0.3, 0.4) is 0 Å². The summed E-state index contributed by atoms with van der Waals surface area (Å²) in [5.41, 5.74) is 0.570. The molecule has 0 spiro atoms. The third-order valence-corrected chi connectivity index (χ3v) is 3.50. The molecule has 1 aliphatic carbocycles. The predicted molar refractivity (Wildman–Crippen MR) is 73.1 cm³/mol. The average molecular weight is 268 g/mol. The fraction of sp³-hybridized carbons (Fsp3) is 0.538. The third-order valence-electron chi connectivity index (χ3n) is 3.20. The predicted octanol–water partition coefficient (Wildman–Crippen LogP) is 2.70. The van der Waals surface area contributed by atoms with E-state index in [0.717, 1.165) is 6.54 Å². The van der Waals surface area contributed by atoms with Crippen LogP contribution in [0, 0.1) is 5.41 Å². The quantitative estimate of drug-likeness (QED) is 0.862. The van der Waals surface area contributed by atoms with Crippen LogP contribution in [0.25, 0.3) is 0 Å². The number of aromatic nitrogens is 1. The Morgan fingerprint density at radius 2 is 2.22 bits per heavy atom. The standard InChI is InChI=1S/C13H18ClN3O/c1-3-15-10-5-4-9(14)11(17-10)12(18)16-8-13(2)6-7-13/h4-5H,3,6-8H2,1-2H3,(H,15,17)(H,16,18). The van der Waals surface area contributed by atoms with Gasteiger partial charge in [0.05, 0.1) is 5.02 Å². The van der Waals surface area contributed by atoms with Crippen molar-refractivity contribution in [1.29, 1.82) is 0 Å². The monoisotopic (exact) mass is 267 g/mol. The number of carbonyl (C=O) groups excluding carboxylic acids is 1. The van der Waals surface area contributed by atoms with Crippen molar-refractivity contribution in [2.24, 2.45) is 5.41 Å². The average Bonchev–Trinajstić information content (AvgIpc) is 3.08. The normalized spacial score (nSPS) is 16.2. The summed E-state index contributed by atoms with van der Waals surface area (Å²) in [7, 11) is 0. The molecule has 2 N–H and O–H groups in total. The summed E-state index contributed by atoms with van der Waals surface area (Å²) in [6, 6.07) is 3.46. The van der Waals surface area contributed by atoms with E-state index in [4.69, 9.17) is 11.6 Å². The van der Waals surface area contributed by atoms with Crippen molar-refractivity contribution in [1.82, 2.24) is 10.3 Å². The first-order chi connectivity index (χ1) is 8.54. The smallest absolute Gasteiger partial charge is 0.271 e. The largest absolute Gasteiger partial charge is 0.370 e. The van der Waals surface area contributed by atoms with Gasteiger partial charge in [0.25, 0.3) is 5.91 Å². The molecule has 2 rings (SSSR count). The van der Waals surface area contributed by atoms with Gasteiger partial charge in [-0.1, -0.05) is 18.5 Å². The number of nitrogens with zero attached hydrogens (tertiary/aromatic N) is 1. The summed E-state index contributed by atoms with van der Waals surface area (Å²) in [5, 5.41) is 6.35. The molecule has 4 nitrogen and oxygen atoms in total. The number of nitrogens with one attached hydrogen (secondary N) is 2. The van der Waals surface area contributed by atoms with E-state index in [1.165, 1.54) is 12.8 Å². The molecule has 0 unspecified atom stereocenters. The second-order valence-electron chi connectivity index (χ2n) is 5.05. The molecule has 1 aromatic rings. The van der Waals surface area contributed by atoms with Crippen molar-refractivity contribution >= 4 is 23.3 Å². The van der Waals surface area contributed by atoms with Crippen molar-refractivity contribution in [3.05, 3.63) is 22.8 Å². The van der Waals surface area contributed by atoms with Crippen LogP contribution in [0.5, 0.6) is 0 Å². The molecule has 0 saturated heterocycles. The highest BCUT2D eigenvalue weighted by Gasteiger charge is 2.37. The van der Waals surface area contributed by atoms with Crippen molar-refractivity contribution in [2.75, 3.05) is 18.4 Å². The van der Waals surface area contributed by atoms with Crippen LogP contribution < -0.4 is 10.6 Å². The Bertz CT molecular complexity index is 458. The van der Waals surface area contributed by atoms with Crippen molar-refractivity contribution < 1.29 is 4.79 Å². The lowest BCUT2D eigenvalue weighted by molar-refractivity contribution is 0.0941. The summed E-state index contributed by atoms with van der Waals surface area (Å²) < 4.78 is 0. The molecular weight excluding hydrogens is 250 g/mol. The summed E-state index contributed by atoms with van der Waals surface area (Å²) in [6.07, 6.45) is 2.34. The maximum Gasteiger partial charge on any atom is 0.271 e. The van der Waals surface area contributed by atoms with Gasteiger partial charge in [-0.3, -0.25) is 4.79 Å². The molecule has 1 aliphatic rings. The highest BCUT2D eigenvalue weighted by atomic mass is 35.5. The van der Waals surface area contributed by atoms with E-state index < -0.39 is 0 Å².